The van der Waals surface area contributed by atoms with E-state index >= 15 is 0 Å². The van der Waals surface area contributed by atoms with E-state index in [9.17, 15) is 5.11 Å². The lowest BCUT2D eigenvalue weighted by atomic mass is 10.0. The largest absolute Gasteiger partial charge is 0.390 e. The number of aryl methyl sites for hydroxylation is 1. The molecule has 16 heavy (non-hydrogen) atoms. The van der Waals surface area contributed by atoms with Gasteiger partial charge in [-0.3, -0.25) is 4.68 Å². The summed E-state index contributed by atoms with van der Waals surface area (Å²) in [6.45, 7) is 8.50. The Labute approximate surface area is 97.5 Å². The van der Waals surface area contributed by atoms with Crippen molar-refractivity contribution in [3.05, 3.63) is 17.0 Å². The molecule has 0 aliphatic heterocycles. The average molecular weight is 222 g/mol. The molecule has 0 saturated heterocycles. The Bertz CT molecular complexity index is 389. The minimum absolute atomic E-state index is 0.348. The fourth-order valence-electron chi connectivity index (χ4n) is 2.31. The normalized spacial score (nSPS) is 18.1. The number of nitrogens with zero attached hydrogens (tertiary/aromatic N) is 2. The summed E-state index contributed by atoms with van der Waals surface area (Å²) in [7, 11) is 0. The molecule has 0 bridgehead atoms. The van der Waals surface area contributed by atoms with Gasteiger partial charge in [-0.1, -0.05) is 0 Å². The van der Waals surface area contributed by atoms with Crippen molar-refractivity contribution in [2.75, 3.05) is 0 Å². The van der Waals surface area contributed by atoms with Crippen molar-refractivity contribution in [1.82, 2.24) is 9.78 Å². The van der Waals surface area contributed by atoms with Crippen LogP contribution in [0.3, 0.4) is 0 Å². The molecule has 1 aromatic rings. The van der Waals surface area contributed by atoms with Gasteiger partial charge in [0, 0.05) is 11.7 Å². The van der Waals surface area contributed by atoms with Crippen LogP contribution < -0.4 is 0 Å². The van der Waals surface area contributed by atoms with Gasteiger partial charge in [-0.2, -0.15) is 5.10 Å². The molecular formula is C13H22N2O. The summed E-state index contributed by atoms with van der Waals surface area (Å²) in [5, 5.41) is 14.4. The molecule has 1 aromatic heterocycles. The topological polar surface area (TPSA) is 38.0 Å². The molecule has 0 atom stereocenters. The van der Waals surface area contributed by atoms with Gasteiger partial charge in [0.2, 0.25) is 0 Å². The Morgan fingerprint density at radius 3 is 2.44 bits per heavy atom. The standard InChI is InChI=1S/C13H22N2O/c1-9(2)15-11(4)12(10(3)14-15)5-6-13(16)7-8-13/h9,16H,5-8H2,1-4H3. The summed E-state index contributed by atoms with van der Waals surface area (Å²) >= 11 is 0. The Morgan fingerprint density at radius 2 is 2.00 bits per heavy atom. The molecule has 0 spiro atoms. The summed E-state index contributed by atoms with van der Waals surface area (Å²) in [5.74, 6) is 0. The predicted molar refractivity (Wildman–Crippen MR) is 64.6 cm³/mol. The molecule has 0 radical (unpaired) electrons. The Morgan fingerprint density at radius 1 is 1.38 bits per heavy atom. The molecular weight excluding hydrogens is 200 g/mol. The fourth-order valence-corrected chi connectivity index (χ4v) is 2.31. The third kappa shape index (κ3) is 2.14. The number of hydrogen-bond acceptors (Lipinski definition) is 2. The molecule has 3 nitrogen and oxygen atoms in total. The van der Waals surface area contributed by atoms with Crippen LogP contribution in [0.2, 0.25) is 0 Å². The highest BCUT2D eigenvalue weighted by Crippen LogP contribution is 2.39. The maximum atomic E-state index is 9.86. The van der Waals surface area contributed by atoms with E-state index in [1.807, 2.05) is 0 Å². The molecule has 1 saturated carbocycles. The average Bonchev–Trinajstić information content (AvgIpc) is 2.85. The molecule has 2 rings (SSSR count). The SMILES string of the molecule is Cc1nn(C(C)C)c(C)c1CCC1(O)CC1. The highest BCUT2D eigenvalue weighted by Gasteiger charge is 2.39. The van der Waals surface area contributed by atoms with Gasteiger partial charge in [0.05, 0.1) is 11.3 Å². The van der Waals surface area contributed by atoms with E-state index in [1.165, 1.54) is 11.3 Å². The van der Waals surface area contributed by atoms with Crippen molar-refractivity contribution in [2.45, 2.75) is 65.0 Å². The van der Waals surface area contributed by atoms with E-state index in [4.69, 9.17) is 0 Å². The first-order chi connectivity index (χ1) is 7.43. The molecule has 0 unspecified atom stereocenters. The Hall–Kier alpha value is -0.830. The quantitative estimate of drug-likeness (QED) is 0.850. The van der Waals surface area contributed by atoms with E-state index in [1.54, 1.807) is 0 Å². The zero-order chi connectivity index (χ0) is 11.9. The van der Waals surface area contributed by atoms with E-state index < -0.39 is 0 Å². The minimum atomic E-state index is -0.348. The first kappa shape index (κ1) is 11.6. The summed E-state index contributed by atoms with van der Waals surface area (Å²) in [6.07, 6.45) is 3.80. The van der Waals surface area contributed by atoms with Crippen LogP contribution in [0.25, 0.3) is 0 Å². The predicted octanol–water partition coefficient (Wildman–Crippen LogP) is 2.54. The molecule has 1 N–H and O–H groups in total. The van der Waals surface area contributed by atoms with Crippen LogP contribution in [0.5, 0.6) is 0 Å². The van der Waals surface area contributed by atoms with Gasteiger partial charge in [-0.25, -0.2) is 0 Å². The second-order valence-corrected chi connectivity index (χ2v) is 5.41. The number of aliphatic hydroxyl groups is 1. The first-order valence-electron chi connectivity index (χ1n) is 6.20. The third-order valence-corrected chi connectivity index (χ3v) is 3.63. The molecule has 90 valence electrons. The smallest absolute Gasteiger partial charge is 0.0653 e. The highest BCUT2D eigenvalue weighted by atomic mass is 16.3. The minimum Gasteiger partial charge on any atom is -0.390 e. The van der Waals surface area contributed by atoms with E-state index in [0.29, 0.717) is 6.04 Å². The molecule has 1 aliphatic carbocycles. The number of rotatable bonds is 4. The zero-order valence-electron chi connectivity index (χ0n) is 10.7. The number of aromatic nitrogens is 2. The summed E-state index contributed by atoms with van der Waals surface area (Å²) in [5.41, 5.74) is 3.36. The highest BCUT2D eigenvalue weighted by molar-refractivity contribution is 5.25. The Kier molecular flexibility index (Phi) is 2.82. The van der Waals surface area contributed by atoms with Gasteiger partial charge in [0.15, 0.2) is 0 Å². The molecule has 1 aliphatic rings. The van der Waals surface area contributed by atoms with E-state index in [-0.39, 0.29) is 5.60 Å². The van der Waals surface area contributed by atoms with Crippen molar-refractivity contribution in [1.29, 1.82) is 0 Å². The van der Waals surface area contributed by atoms with Crippen LogP contribution in [0, 0.1) is 13.8 Å². The molecule has 0 aromatic carbocycles. The maximum Gasteiger partial charge on any atom is 0.0653 e. The Balaban J connectivity index is 2.13. The van der Waals surface area contributed by atoms with E-state index in [0.717, 1.165) is 31.4 Å². The van der Waals surface area contributed by atoms with Gasteiger partial charge in [0.25, 0.3) is 0 Å². The lowest BCUT2D eigenvalue weighted by Gasteiger charge is -2.10. The molecule has 0 amide bonds. The third-order valence-electron chi connectivity index (χ3n) is 3.63. The lowest BCUT2D eigenvalue weighted by Crippen LogP contribution is -2.09. The summed E-state index contributed by atoms with van der Waals surface area (Å²) in [4.78, 5) is 0. The van der Waals surface area contributed by atoms with Crippen LogP contribution in [0.15, 0.2) is 0 Å². The van der Waals surface area contributed by atoms with Gasteiger partial charge >= 0.3 is 0 Å². The first-order valence-corrected chi connectivity index (χ1v) is 6.20. The van der Waals surface area contributed by atoms with Crippen LogP contribution >= 0.6 is 0 Å². The summed E-state index contributed by atoms with van der Waals surface area (Å²) < 4.78 is 2.08. The van der Waals surface area contributed by atoms with Crippen LogP contribution in [-0.2, 0) is 6.42 Å². The fraction of sp³-hybridized carbons (Fsp3) is 0.769. The van der Waals surface area contributed by atoms with Gasteiger partial charge < -0.3 is 5.11 Å². The van der Waals surface area contributed by atoms with Crippen molar-refractivity contribution in [3.8, 4) is 0 Å². The van der Waals surface area contributed by atoms with Gasteiger partial charge in [-0.05, 0) is 58.9 Å². The molecule has 1 heterocycles. The van der Waals surface area contributed by atoms with Crippen molar-refractivity contribution in [2.24, 2.45) is 0 Å². The maximum absolute atomic E-state index is 9.86. The van der Waals surface area contributed by atoms with Crippen molar-refractivity contribution >= 4 is 0 Å². The van der Waals surface area contributed by atoms with Crippen LogP contribution in [0.4, 0.5) is 0 Å². The van der Waals surface area contributed by atoms with Gasteiger partial charge in [0.1, 0.15) is 0 Å². The number of hydrogen-bond donors (Lipinski definition) is 1. The van der Waals surface area contributed by atoms with Crippen molar-refractivity contribution < 1.29 is 5.11 Å². The zero-order valence-corrected chi connectivity index (χ0v) is 10.7. The molecule has 3 heteroatoms. The van der Waals surface area contributed by atoms with Crippen LogP contribution in [0.1, 0.15) is 56.1 Å². The lowest BCUT2D eigenvalue weighted by molar-refractivity contribution is 0.140. The van der Waals surface area contributed by atoms with E-state index in [2.05, 4.69) is 37.5 Å². The van der Waals surface area contributed by atoms with Gasteiger partial charge in [-0.15, -0.1) is 0 Å². The summed E-state index contributed by atoms with van der Waals surface area (Å²) in [6, 6.07) is 0.413. The second-order valence-electron chi connectivity index (χ2n) is 5.41. The van der Waals surface area contributed by atoms with Crippen LogP contribution in [-0.4, -0.2) is 20.5 Å². The van der Waals surface area contributed by atoms with Crippen molar-refractivity contribution in [3.63, 3.8) is 0 Å². The molecule has 1 fully saturated rings. The second kappa shape index (κ2) is 3.88. The monoisotopic (exact) mass is 222 g/mol.